The lowest BCUT2D eigenvalue weighted by Gasteiger charge is -2.02. The highest BCUT2D eigenvalue weighted by Gasteiger charge is 2.65. The molecular weight excluding hydrogens is 295 g/mol. The molecule has 1 aromatic heterocycles. The van der Waals surface area contributed by atoms with Crippen LogP contribution >= 0.6 is 11.3 Å². The van der Waals surface area contributed by atoms with Crippen molar-refractivity contribution in [3.05, 3.63) is 24.0 Å². The summed E-state index contributed by atoms with van der Waals surface area (Å²) in [5, 5.41) is 12.1. The molecule has 0 unspecified atom stereocenters. The van der Waals surface area contributed by atoms with Crippen LogP contribution in [0.15, 0.2) is 18.2 Å². The number of hydrogen-bond acceptors (Lipinski definition) is 4. The molecular formula is C14H13FN2O3S. The van der Waals surface area contributed by atoms with E-state index >= 15 is 0 Å². The van der Waals surface area contributed by atoms with Gasteiger partial charge in [0.25, 0.3) is 0 Å². The monoisotopic (exact) mass is 308 g/mol. The zero-order valence-corrected chi connectivity index (χ0v) is 12.2. The first-order chi connectivity index (χ1) is 9.80. The fourth-order valence-corrected chi connectivity index (χ4v) is 3.62. The number of rotatable bonds is 3. The van der Waals surface area contributed by atoms with Crippen LogP contribution in [0.2, 0.25) is 0 Å². The number of hydrogen-bond donors (Lipinski definition) is 2. The molecule has 0 saturated heterocycles. The smallest absolute Gasteiger partial charge is 0.307 e. The van der Waals surface area contributed by atoms with Crippen molar-refractivity contribution in [2.75, 3.05) is 5.32 Å². The van der Waals surface area contributed by atoms with Crippen molar-refractivity contribution in [3.63, 3.8) is 0 Å². The first kappa shape index (κ1) is 13.9. The molecule has 1 amide bonds. The molecule has 0 bridgehead atoms. The number of carbonyl (C=O) groups excluding carboxylic acids is 1. The summed E-state index contributed by atoms with van der Waals surface area (Å²) in [5.74, 6) is -2.93. The molecule has 1 aromatic carbocycles. The number of amides is 1. The fourth-order valence-electron chi connectivity index (χ4n) is 2.72. The number of anilines is 1. The van der Waals surface area contributed by atoms with E-state index in [1.165, 1.54) is 18.2 Å². The third kappa shape index (κ3) is 2.27. The van der Waals surface area contributed by atoms with Crippen molar-refractivity contribution < 1.29 is 19.1 Å². The van der Waals surface area contributed by atoms with Crippen molar-refractivity contribution in [1.82, 2.24) is 4.98 Å². The van der Waals surface area contributed by atoms with Gasteiger partial charge in [-0.2, -0.15) is 0 Å². The van der Waals surface area contributed by atoms with Crippen LogP contribution in [0.1, 0.15) is 13.8 Å². The summed E-state index contributed by atoms with van der Waals surface area (Å²) in [4.78, 5) is 27.4. The summed E-state index contributed by atoms with van der Waals surface area (Å²) in [6.07, 6.45) is 0. The number of carboxylic acids is 1. The molecule has 2 aromatic rings. The molecule has 1 fully saturated rings. The fraction of sp³-hybridized carbons (Fsp3) is 0.357. The number of aliphatic carboxylic acids is 1. The molecule has 5 nitrogen and oxygen atoms in total. The molecule has 7 heteroatoms. The van der Waals surface area contributed by atoms with Crippen LogP contribution in [0.5, 0.6) is 0 Å². The Kier molecular flexibility index (Phi) is 2.98. The number of nitrogens with one attached hydrogen (secondary N) is 1. The number of halogens is 1. The predicted octanol–water partition coefficient (Wildman–Crippen LogP) is 2.73. The highest BCUT2D eigenvalue weighted by Crippen LogP contribution is 2.58. The molecule has 2 atom stereocenters. The lowest BCUT2D eigenvalue weighted by molar-refractivity contribution is -0.140. The van der Waals surface area contributed by atoms with Crippen LogP contribution in [-0.4, -0.2) is 22.0 Å². The number of fused-ring (bicyclic) bond motifs is 1. The van der Waals surface area contributed by atoms with E-state index in [1.807, 2.05) is 0 Å². The molecule has 0 radical (unpaired) electrons. The van der Waals surface area contributed by atoms with Gasteiger partial charge in [0.2, 0.25) is 5.91 Å². The van der Waals surface area contributed by atoms with Gasteiger partial charge in [-0.1, -0.05) is 25.2 Å². The Balaban J connectivity index is 1.80. The molecule has 1 saturated carbocycles. The molecule has 1 heterocycles. The summed E-state index contributed by atoms with van der Waals surface area (Å²) in [5.41, 5.74) is 0.0418. The molecule has 110 valence electrons. The standard InChI is InChI=1S/C14H13FN2O3S/c1-14(2)9(10(14)12(19)20)11(18)17-13-16-7-4-3-6(15)5-8(7)21-13/h3-5,9-10H,1-2H3,(H,19,20)(H,16,17,18)/t9-,10-/m1/s1. The topological polar surface area (TPSA) is 79.3 Å². The minimum Gasteiger partial charge on any atom is -0.481 e. The third-order valence-corrected chi connectivity index (χ3v) is 4.89. The van der Waals surface area contributed by atoms with Crippen molar-refractivity contribution in [1.29, 1.82) is 0 Å². The average molecular weight is 308 g/mol. The Bertz CT molecular complexity index is 756. The van der Waals surface area contributed by atoms with Gasteiger partial charge < -0.3 is 10.4 Å². The first-order valence-electron chi connectivity index (χ1n) is 6.40. The number of thiazole rings is 1. The van der Waals surface area contributed by atoms with E-state index in [2.05, 4.69) is 10.3 Å². The number of benzene rings is 1. The van der Waals surface area contributed by atoms with E-state index in [4.69, 9.17) is 5.11 Å². The molecule has 2 N–H and O–H groups in total. The second-order valence-electron chi connectivity index (χ2n) is 5.74. The van der Waals surface area contributed by atoms with E-state index in [-0.39, 0.29) is 11.7 Å². The maximum Gasteiger partial charge on any atom is 0.307 e. The Morgan fingerprint density at radius 3 is 2.71 bits per heavy atom. The lowest BCUT2D eigenvalue weighted by Crippen LogP contribution is -2.17. The number of carboxylic acid groups (broad SMARTS) is 1. The van der Waals surface area contributed by atoms with Gasteiger partial charge in [0.1, 0.15) is 5.82 Å². The zero-order chi connectivity index (χ0) is 15.4. The van der Waals surface area contributed by atoms with Crippen LogP contribution in [0, 0.1) is 23.1 Å². The number of nitrogens with zero attached hydrogens (tertiary/aromatic N) is 1. The van der Waals surface area contributed by atoms with Crippen LogP contribution < -0.4 is 5.32 Å². The Morgan fingerprint density at radius 1 is 1.38 bits per heavy atom. The van der Waals surface area contributed by atoms with Crippen LogP contribution in [0.4, 0.5) is 9.52 Å². The summed E-state index contributed by atoms with van der Waals surface area (Å²) in [6.45, 7) is 3.51. The minimum absolute atomic E-state index is 0.354. The SMILES string of the molecule is CC1(C)[C@@H](C(=O)O)[C@@H]1C(=O)Nc1nc2ccc(F)cc2s1. The van der Waals surface area contributed by atoms with Crippen LogP contribution in [0.25, 0.3) is 10.2 Å². The van der Waals surface area contributed by atoms with Crippen molar-refractivity contribution >= 4 is 38.6 Å². The van der Waals surface area contributed by atoms with Gasteiger partial charge in [0, 0.05) is 0 Å². The van der Waals surface area contributed by atoms with Crippen LogP contribution in [0.3, 0.4) is 0 Å². The highest BCUT2D eigenvalue weighted by molar-refractivity contribution is 7.22. The second-order valence-corrected chi connectivity index (χ2v) is 6.77. The molecule has 3 rings (SSSR count). The molecule has 21 heavy (non-hydrogen) atoms. The lowest BCUT2D eigenvalue weighted by atomic mass is 10.1. The largest absolute Gasteiger partial charge is 0.481 e. The third-order valence-electron chi connectivity index (χ3n) is 3.96. The van der Waals surface area contributed by atoms with Crippen LogP contribution in [-0.2, 0) is 9.59 Å². The molecule has 0 spiro atoms. The predicted molar refractivity (Wildman–Crippen MR) is 76.6 cm³/mol. The average Bonchev–Trinajstić information content (AvgIpc) is 2.75. The normalized spacial score (nSPS) is 23.0. The van der Waals surface area contributed by atoms with Gasteiger partial charge in [0.05, 0.1) is 22.1 Å². The summed E-state index contributed by atoms with van der Waals surface area (Å²) >= 11 is 1.16. The van der Waals surface area contributed by atoms with E-state index in [0.717, 1.165) is 11.3 Å². The van der Waals surface area contributed by atoms with Gasteiger partial charge in [0.15, 0.2) is 5.13 Å². The maximum absolute atomic E-state index is 13.1. The van der Waals surface area contributed by atoms with Gasteiger partial charge in [-0.25, -0.2) is 9.37 Å². The van der Waals surface area contributed by atoms with E-state index < -0.39 is 23.2 Å². The Morgan fingerprint density at radius 2 is 2.10 bits per heavy atom. The summed E-state index contributed by atoms with van der Waals surface area (Å²) in [6, 6.07) is 4.19. The first-order valence-corrected chi connectivity index (χ1v) is 7.22. The number of carbonyl (C=O) groups is 2. The maximum atomic E-state index is 13.1. The summed E-state index contributed by atoms with van der Waals surface area (Å²) in [7, 11) is 0. The van der Waals surface area contributed by atoms with Crippen molar-refractivity contribution in [3.8, 4) is 0 Å². The number of aromatic nitrogens is 1. The Labute approximate surface area is 123 Å². The van der Waals surface area contributed by atoms with Gasteiger partial charge in [-0.05, 0) is 23.6 Å². The molecule has 1 aliphatic carbocycles. The quantitative estimate of drug-likeness (QED) is 0.913. The van der Waals surface area contributed by atoms with Gasteiger partial charge >= 0.3 is 5.97 Å². The van der Waals surface area contributed by atoms with E-state index in [0.29, 0.717) is 15.3 Å². The van der Waals surface area contributed by atoms with Crippen molar-refractivity contribution in [2.45, 2.75) is 13.8 Å². The van der Waals surface area contributed by atoms with E-state index in [1.54, 1.807) is 13.8 Å². The molecule has 0 aliphatic heterocycles. The zero-order valence-electron chi connectivity index (χ0n) is 11.4. The van der Waals surface area contributed by atoms with Gasteiger partial charge in [-0.3, -0.25) is 9.59 Å². The second kappa shape index (κ2) is 4.49. The van der Waals surface area contributed by atoms with E-state index in [9.17, 15) is 14.0 Å². The molecule has 1 aliphatic rings. The highest BCUT2D eigenvalue weighted by atomic mass is 32.1. The van der Waals surface area contributed by atoms with Gasteiger partial charge in [-0.15, -0.1) is 0 Å². The Hall–Kier alpha value is -2.02. The van der Waals surface area contributed by atoms with Crippen molar-refractivity contribution in [2.24, 2.45) is 17.3 Å². The summed E-state index contributed by atoms with van der Waals surface area (Å²) < 4.78 is 13.7. The minimum atomic E-state index is -0.966.